The summed E-state index contributed by atoms with van der Waals surface area (Å²) in [6, 6.07) is 18.0. The van der Waals surface area contributed by atoms with E-state index in [1.165, 1.54) is 36.4 Å². The fourth-order valence-electron chi connectivity index (χ4n) is 2.05. The molecule has 0 radical (unpaired) electrons. The smallest absolute Gasteiger partial charge is 0.277 e. The number of nitrogens with two attached hydrogens (primary N) is 1. The summed E-state index contributed by atoms with van der Waals surface area (Å²) in [4.78, 5) is 20.4. The van der Waals surface area contributed by atoms with Gasteiger partial charge >= 0.3 is 0 Å². The maximum atomic E-state index is 10.7. The number of anilines is 1. The van der Waals surface area contributed by atoms with Crippen molar-refractivity contribution in [1.29, 1.82) is 0 Å². The maximum absolute atomic E-state index is 10.7. The minimum absolute atomic E-state index is 0.124. The number of hydrogen-bond acceptors (Lipinski definition) is 5. The molecule has 0 atom stereocenters. The first kappa shape index (κ1) is 15.9. The molecule has 3 aromatic rings. The van der Waals surface area contributed by atoms with E-state index in [1.807, 2.05) is 30.3 Å². The Labute approximate surface area is 131 Å². The topological polar surface area (TPSA) is 112 Å². The van der Waals surface area contributed by atoms with Crippen LogP contribution in [-0.4, -0.2) is 9.85 Å². The molecule has 0 amide bonds. The number of nitrogen functional groups attached to an aromatic ring is 1. The number of nitro benzene ring substituents is 2. The van der Waals surface area contributed by atoms with Crippen molar-refractivity contribution in [3.8, 4) is 0 Å². The molecular formula is C16H13N3O4. The van der Waals surface area contributed by atoms with Gasteiger partial charge in [-0.05, 0) is 24.3 Å². The second-order valence-electron chi connectivity index (χ2n) is 4.57. The molecule has 0 heterocycles. The molecule has 7 nitrogen and oxygen atoms in total. The van der Waals surface area contributed by atoms with Gasteiger partial charge in [0.2, 0.25) is 0 Å². The molecule has 0 aliphatic carbocycles. The van der Waals surface area contributed by atoms with Gasteiger partial charge < -0.3 is 5.73 Å². The number of nitro groups is 2. The summed E-state index contributed by atoms with van der Waals surface area (Å²) in [7, 11) is 0. The average Bonchev–Trinajstić information content (AvgIpc) is 2.54. The molecule has 116 valence electrons. The molecule has 0 bridgehead atoms. The van der Waals surface area contributed by atoms with E-state index < -0.39 is 9.85 Å². The van der Waals surface area contributed by atoms with E-state index >= 15 is 0 Å². The molecule has 0 spiro atoms. The molecule has 2 N–H and O–H groups in total. The summed E-state index contributed by atoms with van der Waals surface area (Å²) in [6.07, 6.45) is 0. The Morgan fingerprint density at radius 3 is 1.39 bits per heavy atom. The summed E-state index contributed by atoms with van der Waals surface area (Å²) in [5.74, 6) is 0. The van der Waals surface area contributed by atoms with E-state index in [2.05, 4.69) is 0 Å². The third kappa shape index (κ3) is 3.79. The Morgan fingerprint density at radius 2 is 1.09 bits per heavy atom. The normalized spacial score (nSPS) is 9.74. The standard InChI is InChI=1S/C10H6N2O4.C6H7N/c13-11(14)9-5-1-3-7-8(9)4-2-6-10(7)12(15)16;7-6-4-2-1-3-5-6/h1-6H;1-5H,7H2. The lowest BCUT2D eigenvalue weighted by Gasteiger charge is -1.99. The van der Waals surface area contributed by atoms with Crippen LogP contribution < -0.4 is 5.73 Å². The van der Waals surface area contributed by atoms with Crippen molar-refractivity contribution in [2.45, 2.75) is 0 Å². The fraction of sp³-hybridized carbons (Fsp3) is 0. The molecule has 0 saturated heterocycles. The molecule has 0 aliphatic heterocycles. The van der Waals surface area contributed by atoms with Crippen molar-refractivity contribution in [3.05, 3.63) is 87.0 Å². The number of non-ortho nitro benzene ring substituents is 2. The van der Waals surface area contributed by atoms with Gasteiger partial charge in [-0.2, -0.15) is 0 Å². The first-order valence-corrected chi connectivity index (χ1v) is 6.61. The van der Waals surface area contributed by atoms with E-state index in [4.69, 9.17) is 5.73 Å². The summed E-state index contributed by atoms with van der Waals surface area (Å²) < 4.78 is 0. The van der Waals surface area contributed by atoms with Crippen LogP contribution in [0.5, 0.6) is 0 Å². The Hall–Kier alpha value is -3.48. The Bertz CT molecular complexity index is 797. The van der Waals surface area contributed by atoms with Crippen molar-refractivity contribution in [3.63, 3.8) is 0 Å². The van der Waals surface area contributed by atoms with Gasteiger partial charge in [0.25, 0.3) is 11.4 Å². The van der Waals surface area contributed by atoms with E-state index in [9.17, 15) is 20.2 Å². The van der Waals surface area contributed by atoms with Crippen LogP contribution in [-0.2, 0) is 0 Å². The van der Waals surface area contributed by atoms with Gasteiger partial charge in [-0.1, -0.05) is 30.3 Å². The van der Waals surface area contributed by atoms with Gasteiger partial charge in [-0.3, -0.25) is 20.2 Å². The first-order valence-electron chi connectivity index (χ1n) is 6.61. The molecule has 0 aromatic heterocycles. The van der Waals surface area contributed by atoms with E-state index in [1.54, 1.807) is 0 Å². The van der Waals surface area contributed by atoms with Gasteiger partial charge in [0.15, 0.2) is 0 Å². The lowest BCUT2D eigenvalue weighted by atomic mass is 10.1. The van der Waals surface area contributed by atoms with Crippen LogP contribution in [0.1, 0.15) is 0 Å². The van der Waals surface area contributed by atoms with Crippen LogP contribution in [0.3, 0.4) is 0 Å². The average molecular weight is 311 g/mol. The van der Waals surface area contributed by atoms with Gasteiger partial charge in [0, 0.05) is 17.8 Å². The van der Waals surface area contributed by atoms with Crippen molar-refractivity contribution in [1.82, 2.24) is 0 Å². The van der Waals surface area contributed by atoms with Crippen LogP contribution in [0.15, 0.2) is 66.7 Å². The number of fused-ring (bicyclic) bond motifs is 1. The summed E-state index contributed by atoms with van der Waals surface area (Å²) in [5, 5.41) is 22.0. The second kappa shape index (κ2) is 6.99. The van der Waals surface area contributed by atoms with Crippen molar-refractivity contribution >= 4 is 27.8 Å². The highest BCUT2D eigenvalue weighted by Crippen LogP contribution is 2.31. The zero-order valence-electron chi connectivity index (χ0n) is 12.0. The molecule has 3 rings (SSSR count). The highest BCUT2D eigenvalue weighted by molar-refractivity contribution is 5.96. The van der Waals surface area contributed by atoms with Crippen molar-refractivity contribution in [2.75, 3.05) is 5.73 Å². The largest absolute Gasteiger partial charge is 0.399 e. The van der Waals surface area contributed by atoms with E-state index in [-0.39, 0.29) is 22.1 Å². The lowest BCUT2D eigenvalue weighted by molar-refractivity contribution is -0.384. The zero-order chi connectivity index (χ0) is 16.8. The van der Waals surface area contributed by atoms with E-state index in [0.29, 0.717) is 0 Å². The summed E-state index contributed by atoms with van der Waals surface area (Å²) in [5.41, 5.74) is 5.93. The molecule has 0 saturated carbocycles. The van der Waals surface area contributed by atoms with Crippen LogP contribution in [0.2, 0.25) is 0 Å². The summed E-state index contributed by atoms with van der Waals surface area (Å²) >= 11 is 0. The molecule has 0 aliphatic rings. The molecule has 0 fully saturated rings. The minimum Gasteiger partial charge on any atom is -0.399 e. The molecule has 7 heteroatoms. The van der Waals surface area contributed by atoms with Crippen LogP contribution in [0.25, 0.3) is 10.8 Å². The Morgan fingerprint density at radius 1 is 0.652 bits per heavy atom. The van der Waals surface area contributed by atoms with Gasteiger partial charge in [-0.15, -0.1) is 0 Å². The first-order chi connectivity index (χ1) is 11.0. The van der Waals surface area contributed by atoms with Crippen LogP contribution in [0.4, 0.5) is 17.1 Å². The zero-order valence-corrected chi connectivity index (χ0v) is 12.0. The number of benzene rings is 3. The number of rotatable bonds is 2. The van der Waals surface area contributed by atoms with Gasteiger partial charge in [0.05, 0.1) is 20.6 Å². The number of para-hydroxylation sites is 1. The van der Waals surface area contributed by atoms with E-state index in [0.717, 1.165) is 5.69 Å². The van der Waals surface area contributed by atoms with Gasteiger partial charge in [0.1, 0.15) is 0 Å². The highest BCUT2D eigenvalue weighted by Gasteiger charge is 2.17. The monoisotopic (exact) mass is 311 g/mol. The maximum Gasteiger partial charge on any atom is 0.277 e. The lowest BCUT2D eigenvalue weighted by Crippen LogP contribution is -1.92. The van der Waals surface area contributed by atoms with Crippen LogP contribution >= 0.6 is 0 Å². The fourth-order valence-corrected chi connectivity index (χ4v) is 2.05. The third-order valence-electron chi connectivity index (χ3n) is 3.07. The summed E-state index contributed by atoms with van der Waals surface area (Å²) in [6.45, 7) is 0. The highest BCUT2D eigenvalue weighted by atomic mass is 16.6. The van der Waals surface area contributed by atoms with Crippen molar-refractivity contribution in [2.24, 2.45) is 0 Å². The predicted octanol–water partition coefficient (Wildman–Crippen LogP) is 3.93. The number of nitrogens with zero attached hydrogens (tertiary/aromatic N) is 2. The molecule has 23 heavy (non-hydrogen) atoms. The Balaban J connectivity index is 0.000000229. The van der Waals surface area contributed by atoms with Gasteiger partial charge in [-0.25, -0.2) is 0 Å². The minimum atomic E-state index is -0.550. The second-order valence-corrected chi connectivity index (χ2v) is 4.57. The predicted molar refractivity (Wildman–Crippen MR) is 88.1 cm³/mol. The molecule has 0 unspecified atom stereocenters. The Kier molecular flexibility index (Phi) is 4.83. The third-order valence-corrected chi connectivity index (χ3v) is 3.07. The van der Waals surface area contributed by atoms with Crippen LogP contribution in [0, 0.1) is 20.2 Å². The number of hydrogen-bond donors (Lipinski definition) is 1. The molecule has 3 aromatic carbocycles. The quantitative estimate of drug-likeness (QED) is 0.438. The van der Waals surface area contributed by atoms with Crippen molar-refractivity contribution < 1.29 is 9.85 Å². The SMILES string of the molecule is Nc1ccccc1.O=[N+]([O-])c1cccc2c([N+](=O)[O-])cccc12. The molecular weight excluding hydrogens is 298 g/mol.